The highest BCUT2D eigenvalue weighted by atomic mass is 32.2. The zero-order valence-corrected chi connectivity index (χ0v) is 13.0. The van der Waals surface area contributed by atoms with Gasteiger partial charge in [-0.2, -0.15) is 13.2 Å². The molecule has 0 heterocycles. The smallest absolute Gasteiger partial charge is 0.416 e. The molecule has 0 radical (unpaired) electrons. The maximum Gasteiger partial charge on any atom is 0.416 e. The van der Waals surface area contributed by atoms with Gasteiger partial charge in [-0.3, -0.25) is 4.79 Å². The SMILES string of the molecule is Cc1cc(C(F)(F)F)ccc1S(=O)(=O)N(C)CC(C)C(=O)O. The van der Waals surface area contributed by atoms with E-state index in [2.05, 4.69) is 0 Å². The van der Waals surface area contributed by atoms with Crippen LogP contribution in [0.4, 0.5) is 13.2 Å². The number of benzene rings is 1. The number of aryl methyl sites for hydroxylation is 1. The third-order valence-electron chi connectivity index (χ3n) is 3.14. The predicted molar refractivity (Wildman–Crippen MR) is 72.8 cm³/mol. The van der Waals surface area contributed by atoms with Crippen molar-refractivity contribution in [1.29, 1.82) is 0 Å². The minimum atomic E-state index is -4.56. The topological polar surface area (TPSA) is 74.7 Å². The summed E-state index contributed by atoms with van der Waals surface area (Å²) in [5.41, 5.74) is -0.991. The fourth-order valence-corrected chi connectivity index (χ4v) is 3.31. The third-order valence-corrected chi connectivity index (χ3v) is 5.13. The molecule has 0 fully saturated rings. The summed E-state index contributed by atoms with van der Waals surface area (Å²) in [7, 11) is -2.87. The highest BCUT2D eigenvalue weighted by Gasteiger charge is 2.32. The van der Waals surface area contributed by atoms with E-state index >= 15 is 0 Å². The van der Waals surface area contributed by atoms with E-state index in [9.17, 15) is 26.4 Å². The molecule has 22 heavy (non-hydrogen) atoms. The zero-order chi connectivity index (χ0) is 17.3. The van der Waals surface area contributed by atoms with Gasteiger partial charge in [0.2, 0.25) is 10.0 Å². The van der Waals surface area contributed by atoms with Crippen molar-refractivity contribution in [3.05, 3.63) is 29.3 Å². The summed E-state index contributed by atoms with van der Waals surface area (Å²) in [6.45, 7) is 2.32. The third kappa shape index (κ3) is 3.98. The van der Waals surface area contributed by atoms with Gasteiger partial charge in [0, 0.05) is 13.6 Å². The number of alkyl halides is 3. The average molecular weight is 339 g/mol. The van der Waals surface area contributed by atoms with E-state index in [1.807, 2.05) is 0 Å². The highest BCUT2D eigenvalue weighted by molar-refractivity contribution is 7.89. The van der Waals surface area contributed by atoms with Crippen molar-refractivity contribution in [1.82, 2.24) is 4.31 Å². The Morgan fingerprint density at radius 3 is 2.32 bits per heavy atom. The molecule has 0 spiro atoms. The first-order chi connectivity index (χ1) is 9.87. The molecule has 1 unspecified atom stereocenters. The van der Waals surface area contributed by atoms with Crippen LogP contribution in [0.1, 0.15) is 18.1 Å². The number of aliphatic carboxylic acids is 1. The van der Waals surface area contributed by atoms with E-state index in [-0.39, 0.29) is 17.0 Å². The Kier molecular flexibility index (Phi) is 5.24. The summed E-state index contributed by atoms with van der Waals surface area (Å²) in [5.74, 6) is -2.10. The van der Waals surface area contributed by atoms with Crippen molar-refractivity contribution in [2.24, 2.45) is 5.92 Å². The lowest BCUT2D eigenvalue weighted by molar-refractivity contribution is -0.141. The number of carboxylic acid groups (broad SMARTS) is 1. The van der Waals surface area contributed by atoms with Crippen molar-refractivity contribution in [3.63, 3.8) is 0 Å². The second-order valence-electron chi connectivity index (χ2n) is 5.00. The number of rotatable bonds is 5. The summed E-state index contributed by atoms with van der Waals surface area (Å²) >= 11 is 0. The van der Waals surface area contributed by atoms with Gasteiger partial charge in [0.25, 0.3) is 0 Å². The summed E-state index contributed by atoms with van der Waals surface area (Å²) in [6.07, 6.45) is -4.56. The Labute approximate surface area is 126 Å². The van der Waals surface area contributed by atoms with Gasteiger partial charge in [-0.15, -0.1) is 0 Å². The summed E-state index contributed by atoms with van der Waals surface area (Å²) in [5, 5.41) is 8.80. The van der Waals surface area contributed by atoms with Crippen molar-refractivity contribution >= 4 is 16.0 Å². The van der Waals surface area contributed by atoms with E-state index in [1.165, 1.54) is 20.9 Å². The predicted octanol–water partition coefficient (Wildman–Crippen LogP) is 2.36. The highest BCUT2D eigenvalue weighted by Crippen LogP contribution is 2.32. The second kappa shape index (κ2) is 6.25. The summed E-state index contributed by atoms with van der Waals surface area (Å²) < 4.78 is 63.2. The lowest BCUT2D eigenvalue weighted by Crippen LogP contribution is -2.34. The van der Waals surface area contributed by atoms with Crippen LogP contribution in [-0.4, -0.2) is 37.4 Å². The van der Waals surface area contributed by atoms with Crippen molar-refractivity contribution in [2.45, 2.75) is 24.9 Å². The van der Waals surface area contributed by atoms with Crippen LogP contribution < -0.4 is 0 Å². The Bertz CT molecular complexity index is 670. The van der Waals surface area contributed by atoms with Gasteiger partial charge in [0.1, 0.15) is 0 Å². The quantitative estimate of drug-likeness (QED) is 0.894. The first-order valence-electron chi connectivity index (χ1n) is 6.24. The number of halogens is 3. The Hall–Kier alpha value is -1.61. The summed E-state index contributed by atoms with van der Waals surface area (Å²) in [4.78, 5) is 10.5. The van der Waals surface area contributed by atoms with Crippen molar-refractivity contribution in [3.8, 4) is 0 Å². The average Bonchev–Trinajstić information content (AvgIpc) is 2.36. The Balaban J connectivity index is 3.16. The van der Waals surface area contributed by atoms with Crippen LogP contribution in [-0.2, 0) is 21.0 Å². The second-order valence-corrected chi connectivity index (χ2v) is 7.02. The van der Waals surface area contributed by atoms with E-state index in [0.29, 0.717) is 6.07 Å². The van der Waals surface area contributed by atoms with Crippen LogP contribution in [0.15, 0.2) is 23.1 Å². The Morgan fingerprint density at radius 2 is 1.91 bits per heavy atom. The molecule has 1 aromatic rings. The number of hydrogen-bond donors (Lipinski definition) is 1. The van der Waals surface area contributed by atoms with Gasteiger partial charge in [-0.1, -0.05) is 6.92 Å². The maximum atomic E-state index is 12.6. The number of hydrogen-bond acceptors (Lipinski definition) is 3. The molecule has 0 amide bonds. The molecule has 0 saturated carbocycles. The van der Waals surface area contributed by atoms with Crippen LogP contribution in [0.3, 0.4) is 0 Å². The molecule has 1 aromatic carbocycles. The normalized spacial score (nSPS) is 14.1. The van der Waals surface area contributed by atoms with Gasteiger partial charge < -0.3 is 5.11 Å². The fraction of sp³-hybridized carbons (Fsp3) is 0.462. The summed E-state index contributed by atoms with van der Waals surface area (Å²) in [6, 6.07) is 2.32. The lowest BCUT2D eigenvalue weighted by Gasteiger charge is -2.21. The van der Waals surface area contributed by atoms with Gasteiger partial charge in [-0.05, 0) is 30.7 Å². The van der Waals surface area contributed by atoms with Gasteiger partial charge in [0.05, 0.1) is 16.4 Å². The number of nitrogens with zero attached hydrogens (tertiary/aromatic N) is 1. The molecule has 1 atom stereocenters. The first kappa shape index (κ1) is 18.4. The van der Waals surface area contributed by atoms with Crippen LogP contribution in [0.2, 0.25) is 0 Å². The van der Waals surface area contributed by atoms with Gasteiger partial charge in [-0.25, -0.2) is 12.7 Å². The molecule has 0 aliphatic heterocycles. The number of carboxylic acids is 1. The minimum absolute atomic E-state index is 0.0512. The molecule has 1 rings (SSSR count). The first-order valence-corrected chi connectivity index (χ1v) is 7.68. The van der Waals surface area contributed by atoms with E-state index in [0.717, 1.165) is 16.4 Å². The van der Waals surface area contributed by atoms with E-state index in [1.54, 1.807) is 0 Å². The fourth-order valence-electron chi connectivity index (χ4n) is 1.84. The molecule has 124 valence electrons. The molecular weight excluding hydrogens is 323 g/mol. The minimum Gasteiger partial charge on any atom is -0.481 e. The molecule has 0 saturated heterocycles. The van der Waals surface area contributed by atoms with Gasteiger partial charge >= 0.3 is 12.1 Å². The van der Waals surface area contributed by atoms with E-state index in [4.69, 9.17) is 5.11 Å². The van der Waals surface area contributed by atoms with Crippen LogP contribution in [0.25, 0.3) is 0 Å². The van der Waals surface area contributed by atoms with Crippen molar-refractivity contribution in [2.75, 3.05) is 13.6 Å². The molecule has 0 bridgehead atoms. The van der Waals surface area contributed by atoms with Crippen molar-refractivity contribution < 1.29 is 31.5 Å². The largest absolute Gasteiger partial charge is 0.481 e. The van der Waals surface area contributed by atoms with Crippen LogP contribution in [0.5, 0.6) is 0 Å². The van der Waals surface area contributed by atoms with Gasteiger partial charge in [0.15, 0.2) is 0 Å². The number of carbonyl (C=O) groups is 1. The molecule has 0 aliphatic carbocycles. The van der Waals surface area contributed by atoms with Crippen LogP contribution in [0, 0.1) is 12.8 Å². The Morgan fingerprint density at radius 1 is 1.36 bits per heavy atom. The maximum absolute atomic E-state index is 12.6. The standard InChI is InChI=1S/C13H16F3NO4S/c1-8-6-10(13(14,15)16)4-5-11(8)22(20,21)17(3)7-9(2)12(18)19/h4-6,9H,7H2,1-3H3,(H,18,19). The lowest BCUT2D eigenvalue weighted by atomic mass is 10.1. The number of sulfonamides is 1. The molecule has 5 nitrogen and oxygen atoms in total. The van der Waals surface area contributed by atoms with Crippen LogP contribution >= 0.6 is 0 Å². The van der Waals surface area contributed by atoms with E-state index < -0.39 is 33.7 Å². The molecule has 1 N–H and O–H groups in total. The monoisotopic (exact) mass is 339 g/mol. The molecule has 0 aliphatic rings. The zero-order valence-electron chi connectivity index (χ0n) is 12.2. The molecule has 0 aromatic heterocycles. The molecular formula is C13H16F3NO4S. The molecule has 9 heteroatoms.